The normalized spacial score (nSPS) is 14.0. The van der Waals surface area contributed by atoms with Crippen LogP contribution in [0.1, 0.15) is 104 Å². The maximum atomic E-state index is 11.1. The summed E-state index contributed by atoms with van der Waals surface area (Å²) < 4.78 is 4.67. The molecule has 0 N–H and O–H groups in total. The summed E-state index contributed by atoms with van der Waals surface area (Å²) in [6.45, 7) is 4.14. The number of unbranched alkanes of at least 4 members (excludes halogenated alkanes) is 4. The quantitative estimate of drug-likeness (QED) is 0.335. The third kappa shape index (κ3) is 15.3. The number of esters is 2. The first-order valence-corrected chi connectivity index (χ1v) is 8.94. The van der Waals surface area contributed by atoms with Crippen LogP contribution in [0.15, 0.2) is 0 Å². The average Bonchev–Trinajstić information content (AvgIpc) is 2.50. The van der Waals surface area contributed by atoms with Gasteiger partial charge in [-0.05, 0) is 12.8 Å². The highest BCUT2D eigenvalue weighted by molar-refractivity contribution is 5.85. The van der Waals surface area contributed by atoms with Crippen LogP contribution in [0.4, 0.5) is 0 Å². The molecule has 1 fully saturated rings. The first-order valence-electron chi connectivity index (χ1n) is 8.94. The molecule has 0 unspecified atom stereocenters. The second-order valence-corrected chi connectivity index (χ2v) is 5.88. The lowest BCUT2D eigenvalue weighted by atomic mass is 10.0. The molecule has 0 amide bonds. The SMILES string of the molecule is C1CCCCC1.CCCCCC(=O)OC(=O)CCCCC. The smallest absolute Gasteiger partial charge is 0.313 e. The minimum Gasteiger partial charge on any atom is -0.393 e. The van der Waals surface area contributed by atoms with Crippen molar-refractivity contribution in [3.63, 3.8) is 0 Å². The summed E-state index contributed by atoms with van der Waals surface area (Å²) in [4.78, 5) is 22.2. The van der Waals surface area contributed by atoms with Crippen molar-refractivity contribution in [3.8, 4) is 0 Å². The van der Waals surface area contributed by atoms with Crippen LogP contribution in [0.5, 0.6) is 0 Å². The van der Waals surface area contributed by atoms with E-state index in [0.29, 0.717) is 12.8 Å². The lowest BCUT2D eigenvalue weighted by Gasteiger charge is -2.05. The van der Waals surface area contributed by atoms with E-state index in [4.69, 9.17) is 0 Å². The molecule has 1 aliphatic rings. The molecule has 0 aromatic carbocycles. The summed E-state index contributed by atoms with van der Waals surface area (Å²) in [6.07, 6.45) is 15.5. The van der Waals surface area contributed by atoms with Crippen LogP contribution in [0, 0.1) is 0 Å². The summed E-state index contributed by atoms with van der Waals surface area (Å²) >= 11 is 0. The van der Waals surface area contributed by atoms with Gasteiger partial charge in [0.2, 0.25) is 0 Å². The zero-order chi connectivity index (χ0) is 15.8. The van der Waals surface area contributed by atoms with Crippen LogP contribution < -0.4 is 0 Å². The minimum atomic E-state index is -0.370. The molecule has 0 aliphatic heterocycles. The molecule has 0 aromatic rings. The van der Waals surface area contributed by atoms with Gasteiger partial charge in [-0.3, -0.25) is 9.59 Å². The first-order chi connectivity index (χ1) is 10.2. The Bertz CT molecular complexity index is 226. The maximum Gasteiger partial charge on any atom is 0.313 e. The van der Waals surface area contributed by atoms with Crippen LogP contribution in [-0.2, 0) is 14.3 Å². The Morgan fingerprint density at radius 1 is 0.667 bits per heavy atom. The van der Waals surface area contributed by atoms with Crippen molar-refractivity contribution in [1.29, 1.82) is 0 Å². The largest absolute Gasteiger partial charge is 0.393 e. The number of carbonyl (C=O) groups is 2. The number of ether oxygens (including phenoxy) is 1. The van der Waals surface area contributed by atoms with Crippen molar-refractivity contribution >= 4 is 11.9 Å². The zero-order valence-electron chi connectivity index (χ0n) is 14.1. The molecule has 1 saturated carbocycles. The van der Waals surface area contributed by atoms with Gasteiger partial charge in [0.05, 0.1) is 0 Å². The van der Waals surface area contributed by atoms with Gasteiger partial charge in [0.1, 0.15) is 0 Å². The number of rotatable bonds is 8. The fourth-order valence-corrected chi connectivity index (χ4v) is 2.33. The first kappa shape index (κ1) is 20.1. The average molecular weight is 298 g/mol. The Morgan fingerprint density at radius 3 is 1.29 bits per heavy atom. The highest BCUT2D eigenvalue weighted by atomic mass is 16.6. The van der Waals surface area contributed by atoms with Crippen LogP contribution >= 0.6 is 0 Å². The van der Waals surface area contributed by atoms with Crippen molar-refractivity contribution in [1.82, 2.24) is 0 Å². The third-order valence-electron chi connectivity index (χ3n) is 3.70. The molecule has 0 spiro atoms. The molecule has 0 radical (unpaired) electrons. The predicted octanol–water partition coefficient (Wildman–Crippen LogP) is 5.56. The van der Waals surface area contributed by atoms with Crippen molar-refractivity contribution < 1.29 is 14.3 Å². The van der Waals surface area contributed by atoms with Crippen LogP contribution in [0.3, 0.4) is 0 Å². The Hall–Kier alpha value is -0.860. The second kappa shape index (κ2) is 15.5. The van der Waals surface area contributed by atoms with Crippen LogP contribution in [-0.4, -0.2) is 11.9 Å². The van der Waals surface area contributed by atoms with Gasteiger partial charge in [-0.1, -0.05) is 78.1 Å². The molecule has 1 aliphatic carbocycles. The second-order valence-electron chi connectivity index (χ2n) is 5.88. The summed E-state index contributed by atoms with van der Waals surface area (Å²) in [5, 5.41) is 0. The van der Waals surface area contributed by atoms with E-state index in [9.17, 15) is 9.59 Å². The molecular formula is C18H34O3. The fourth-order valence-electron chi connectivity index (χ4n) is 2.33. The van der Waals surface area contributed by atoms with Crippen LogP contribution in [0.2, 0.25) is 0 Å². The minimum absolute atomic E-state index is 0.368. The van der Waals surface area contributed by atoms with Crippen LogP contribution in [0.25, 0.3) is 0 Å². The van der Waals surface area contributed by atoms with E-state index in [0.717, 1.165) is 38.5 Å². The van der Waals surface area contributed by atoms with Gasteiger partial charge in [0.15, 0.2) is 0 Å². The van der Waals surface area contributed by atoms with E-state index in [1.54, 1.807) is 0 Å². The van der Waals surface area contributed by atoms with Gasteiger partial charge in [-0.25, -0.2) is 0 Å². The Balaban J connectivity index is 0.000000547. The summed E-state index contributed by atoms with van der Waals surface area (Å²) in [5.41, 5.74) is 0. The van der Waals surface area contributed by atoms with Gasteiger partial charge in [0.25, 0.3) is 0 Å². The topological polar surface area (TPSA) is 43.4 Å². The molecule has 0 aromatic heterocycles. The third-order valence-corrected chi connectivity index (χ3v) is 3.70. The van der Waals surface area contributed by atoms with Gasteiger partial charge in [-0.2, -0.15) is 0 Å². The summed E-state index contributed by atoms with van der Waals surface area (Å²) in [7, 11) is 0. The van der Waals surface area contributed by atoms with Crippen molar-refractivity contribution in [2.45, 2.75) is 104 Å². The molecule has 3 heteroatoms. The highest BCUT2D eigenvalue weighted by Gasteiger charge is 2.09. The molecule has 0 saturated heterocycles. The summed E-state index contributed by atoms with van der Waals surface area (Å²) in [5.74, 6) is -0.741. The monoisotopic (exact) mass is 298 g/mol. The van der Waals surface area contributed by atoms with Crippen molar-refractivity contribution in [2.24, 2.45) is 0 Å². The van der Waals surface area contributed by atoms with E-state index in [-0.39, 0.29) is 11.9 Å². The summed E-state index contributed by atoms with van der Waals surface area (Å²) in [6, 6.07) is 0. The van der Waals surface area contributed by atoms with E-state index in [1.165, 1.54) is 38.5 Å². The van der Waals surface area contributed by atoms with E-state index in [1.807, 2.05) is 0 Å². The molecule has 0 heterocycles. The van der Waals surface area contributed by atoms with Gasteiger partial charge in [0, 0.05) is 12.8 Å². The number of hydrogen-bond acceptors (Lipinski definition) is 3. The maximum absolute atomic E-state index is 11.1. The molecule has 1 rings (SSSR count). The molecule has 124 valence electrons. The Labute approximate surface area is 130 Å². The Morgan fingerprint density at radius 2 is 1.00 bits per heavy atom. The molecule has 3 nitrogen and oxygen atoms in total. The molecular weight excluding hydrogens is 264 g/mol. The van der Waals surface area contributed by atoms with Gasteiger partial charge < -0.3 is 4.74 Å². The van der Waals surface area contributed by atoms with Gasteiger partial charge in [-0.15, -0.1) is 0 Å². The molecule has 0 bridgehead atoms. The zero-order valence-corrected chi connectivity index (χ0v) is 14.1. The lowest BCUT2D eigenvalue weighted by molar-refractivity contribution is -0.159. The van der Waals surface area contributed by atoms with Crippen molar-refractivity contribution in [2.75, 3.05) is 0 Å². The standard InChI is InChI=1S/C12H22O3.C6H12/c1-3-5-7-9-11(13)15-12(14)10-8-6-4-2;1-2-4-6-5-3-1/h3-10H2,1-2H3;1-6H2. The Kier molecular flexibility index (Phi) is 14.9. The highest BCUT2D eigenvalue weighted by Crippen LogP contribution is 2.15. The number of carbonyl (C=O) groups excluding carboxylic acids is 2. The number of hydrogen-bond donors (Lipinski definition) is 0. The van der Waals surface area contributed by atoms with E-state index < -0.39 is 0 Å². The fraction of sp³-hybridized carbons (Fsp3) is 0.889. The van der Waals surface area contributed by atoms with E-state index >= 15 is 0 Å². The lowest BCUT2D eigenvalue weighted by Crippen LogP contribution is -2.11. The van der Waals surface area contributed by atoms with E-state index in [2.05, 4.69) is 18.6 Å². The molecule has 0 atom stereocenters. The molecule has 21 heavy (non-hydrogen) atoms. The predicted molar refractivity (Wildman–Crippen MR) is 87.1 cm³/mol. The van der Waals surface area contributed by atoms with Gasteiger partial charge >= 0.3 is 11.9 Å². The van der Waals surface area contributed by atoms with Crippen molar-refractivity contribution in [3.05, 3.63) is 0 Å².